The fraction of sp³-hybridized carbons (Fsp3) is 0.556. The molecular formula is C27H39N3O3. The number of aromatic nitrogens is 1. The van der Waals surface area contributed by atoms with Crippen LogP contribution in [0.4, 0.5) is 5.82 Å². The Kier molecular flexibility index (Phi) is 9.12. The van der Waals surface area contributed by atoms with Gasteiger partial charge in [0.25, 0.3) is 5.91 Å². The first-order chi connectivity index (χ1) is 15.9. The van der Waals surface area contributed by atoms with Gasteiger partial charge in [-0.1, -0.05) is 19.9 Å². The first-order valence-corrected chi connectivity index (χ1v) is 12.2. The monoisotopic (exact) mass is 453 g/mol. The summed E-state index contributed by atoms with van der Waals surface area (Å²) in [6.45, 7) is 11.3. The van der Waals surface area contributed by atoms with E-state index < -0.39 is 0 Å². The van der Waals surface area contributed by atoms with Crippen LogP contribution in [0.2, 0.25) is 0 Å². The van der Waals surface area contributed by atoms with Gasteiger partial charge in [-0.3, -0.25) is 4.79 Å². The molecule has 0 bridgehead atoms. The Morgan fingerprint density at radius 2 is 1.91 bits per heavy atom. The van der Waals surface area contributed by atoms with E-state index in [2.05, 4.69) is 41.2 Å². The van der Waals surface area contributed by atoms with Gasteiger partial charge in [-0.25, -0.2) is 4.98 Å². The van der Waals surface area contributed by atoms with Crippen molar-refractivity contribution >= 4 is 11.7 Å². The number of carbonyl (C=O) groups is 1. The summed E-state index contributed by atoms with van der Waals surface area (Å²) in [5.41, 5.74) is 3.74. The van der Waals surface area contributed by atoms with Crippen LogP contribution in [0.25, 0.3) is 0 Å². The molecule has 180 valence electrons. The second-order valence-corrected chi connectivity index (χ2v) is 9.44. The molecule has 1 saturated heterocycles. The van der Waals surface area contributed by atoms with Gasteiger partial charge in [-0.05, 0) is 86.3 Å². The number of nitrogens with zero attached hydrogens (tertiary/aromatic N) is 2. The number of pyridine rings is 1. The summed E-state index contributed by atoms with van der Waals surface area (Å²) >= 11 is 0. The minimum atomic E-state index is -0.150. The first kappa shape index (κ1) is 25.0. The van der Waals surface area contributed by atoms with Crippen LogP contribution < -0.4 is 15.0 Å². The van der Waals surface area contributed by atoms with Crippen molar-refractivity contribution in [2.45, 2.75) is 59.3 Å². The standard InChI is InChI=1S/C27H39N3O3/c1-19(2)23-7-8-25(29-18-23)30-12-9-22(10-13-30)6-5-15-33-24-16-20(3)26(21(4)17-24)27(32)28-11-14-31/h7-8,16-19,22,31H,5-6,9-15H2,1-4H3,(H,28,32). The maximum Gasteiger partial charge on any atom is 0.251 e. The van der Waals surface area contributed by atoms with Crippen molar-refractivity contribution < 1.29 is 14.6 Å². The van der Waals surface area contributed by atoms with Crippen LogP contribution in [0, 0.1) is 19.8 Å². The molecule has 0 saturated carbocycles. The molecule has 2 N–H and O–H groups in total. The minimum Gasteiger partial charge on any atom is -0.494 e. The Labute approximate surface area is 198 Å². The zero-order valence-electron chi connectivity index (χ0n) is 20.6. The Hall–Kier alpha value is -2.60. The Morgan fingerprint density at radius 1 is 1.21 bits per heavy atom. The summed E-state index contributed by atoms with van der Waals surface area (Å²) in [6.07, 6.45) is 6.61. The third kappa shape index (κ3) is 6.94. The third-order valence-corrected chi connectivity index (χ3v) is 6.53. The van der Waals surface area contributed by atoms with Crippen LogP contribution in [0.5, 0.6) is 5.75 Å². The van der Waals surface area contributed by atoms with Gasteiger partial charge in [0, 0.05) is 31.4 Å². The summed E-state index contributed by atoms with van der Waals surface area (Å²) in [4.78, 5) is 19.4. The number of hydrogen-bond acceptors (Lipinski definition) is 5. The normalized spacial score (nSPS) is 14.5. The molecule has 2 heterocycles. The molecule has 1 fully saturated rings. The van der Waals surface area contributed by atoms with E-state index in [1.807, 2.05) is 32.2 Å². The number of piperidine rings is 1. The Bertz CT molecular complexity index is 880. The molecule has 1 aliphatic rings. The molecule has 3 rings (SSSR count). The van der Waals surface area contributed by atoms with Gasteiger partial charge in [0.05, 0.1) is 13.2 Å². The number of amides is 1. The van der Waals surface area contributed by atoms with E-state index >= 15 is 0 Å². The van der Waals surface area contributed by atoms with Gasteiger partial charge in [-0.2, -0.15) is 0 Å². The van der Waals surface area contributed by atoms with E-state index in [1.165, 1.54) is 24.8 Å². The van der Waals surface area contributed by atoms with Gasteiger partial charge in [0.1, 0.15) is 11.6 Å². The van der Waals surface area contributed by atoms with Crippen molar-refractivity contribution in [1.29, 1.82) is 0 Å². The largest absolute Gasteiger partial charge is 0.494 e. The molecule has 1 amide bonds. The van der Waals surface area contributed by atoms with Crippen molar-refractivity contribution in [3.05, 3.63) is 52.7 Å². The molecule has 0 aliphatic carbocycles. The lowest BCUT2D eigenvalue weighted by atomic mass is 9.92. The third-order valence-electron chi connectivity index (χ3n) is 6.53. The van der Waals surface area contributed by atoms with E-state index in [9.17, 15) is 4.79 Å². The SMILES string of the molecule is Cc1cc(OCCCC2CCN(c3ccc(C(C)C)cn3)CC2)cc(C)c1C(=O)NCCO. The number of benzene rings is 1. The van der Waals surface area contributed by atoms with Gasteiger partial charge < -0.3 is 20.1 Å². The molecule has 1 aliphatic heterocycles. The second-order valence-electron chi connectivity index (χ2n) is 9.44. The predicted molar refractivity (Wildman–Crippen MR) is 133 cm³/mol. The molecule has 1 aromatic carbocycles. The van der Waals surface area contributed by atoms with E-state index in [-0.39, 0.29) is 19.1 Å². The summed E-state index contributed by atoms with van der Waals surface area (Å²) in [5, 5.41) is 11.6. The molecule has 2 aromatic rings. The maximum absolute atomic E-state index is 12.3. The average Bonchev–Trinajstić information content (AvgIpc) is 2.80. The predicted octanol–water partition coefficient (Wildman–Crippen LogP) is 4.62. The highest BCUT2D eigenvalue weighted by Crippen LogP contribution is 2.27. The minimum absolute atomic E-state index is 0.0632. The quantitative estimate of drug-likeness (QED) is 0.514. The number of aliphatic hydroxyl groups is 1. The second kappa shape index (κ2) is 12.0. The molecule has 33 heavy (non-hydrogen) atoms. The number of nitrogens with one attached hydrogen (secondary N) is 1. The lowest BCUT2D eigenvalue weighted by molar-refractivity contribution is 0.0943. The zero-order valence-corrected chi connectivity index (χ0v) is 20.6. The number of ether oxygens (including phenoxy) is 1. The lowest BCUT2D eigenvalue weighted by Gasteiger charge is -2.33. The summed E-state index contributed by atoms with van der Waals surface area (Å²) < 4.78 is 6.00. The first-order valence-electron chi connectivity index (χ1n) is 12.2. The molecular weight excluding hydrogens is 414 g/mol. The molecule has 0 atom stereocenters. The highest BCUT2D eigenvalue weighted by atomic mass is 16.5. The fourth-order valence-electron chi connectivity index (χ4n) is 4.56. The average molecular weight is 454 g/mol. The lowest BCUT2D eigenvalue weighted by Crippen LogP contribution is -2.34. The summed E-state index contributed by atoms with van der Waals surface area (Å²) in [7, 11) is 0. The number of aliphatic hydroxyl groups excluding tert-OH is 1. The summed E-state index contributed by atoms with van der Waals surface area (Å²) in [6, 6.07) is 8.22. The Morgan fingerprint density at radius 3 is 2.48 bits per heavy atom. The van der Waals surface area contributed by atoms with Crippen molar-refractivity contribution in [3.8, 4) is 5.75 Å². The smallest absolute Gasteiger partial charge is 0.251 e. The molecule has 0 radical (unpaired) electrons. The van der Waals surface area contributed by atoms with Crippen LogP contribution in [-0.4, -0.2) is 48.8 Å². The molecule has 6 nitrogen and oxygen atoms in total. The van der Waals surface area contributed by atoms with E-state index in [0.717, 1.165) is 48.1 Å². The number of rotatable bonds is 10. The Balaban J connectivity index is 1.40. The fourth-order valence-corrected chi connectivity index (χ4v) is 4.56. The van der Waals surface area contributed by atoms with E-state index in [0.29, 0.717) is 18.1 Å². The van der Waals surface area contributed by atoms with Crippen LogP contribution in [-0.2, 0) is 0 Å². The van der Waals surface area contributed by atoms with Gasteiger partial charge in [0.15, 0.2) is 0 Å². The number of aryl methyl sites for hydroxylation is 2. The zero-order chi connectivity index (χ0) is 23.8. The van der Waals surface area contributed by atoms with Crippen LogP contribution >= 0.6 is 0 Å². The highest BCUT2D eigenvalue weighted by Gasteiger charge is 2.20. The highest BCUT2D eigenvalue weighted by molar-refractivity contribution is 5.97. The van der Waals surface area contributed by atoms with Crippen molar-refractivity contribution in [2.75, 3.05) is 37.7 Å². The van der Waals surface area contributed by atoms with Gasteiger partial charge >= 0.3 is 0 Å². The van der Waals surface area contributed by atoms with E-state index in [4.69, 9.17) is 9.84 Å². The molecule has 0 unspecified atom stereocenters. The number of carbonyl (C=O) groups excluding carboxylic acids is 1. The van der Waals surface area contributed by atoms with E-state index in [1.54, 1.807) is 0 Å². The topological polar surface area (TPSA) is 74.7 Å². The maximum atomic E-state index is 12.3. The summed E-state index contributed by atoms with van der Waals surface area (Å²) in [5.74, 6) is 3.01. The van der Waals surface area contributed by atoms with Crippen LogP contribution in [0.1, 0.15) is 72.5 Å². The molecule has 1 aromatic heterocycles. The van der Waals surface area contributed by atoms with Crippen LogP contribution in [0.15, 0.2) is 30.5 Å². The van der Waals surface area contributed by atoms with Crippen molar-refractivity contribution in [3.63, 3.8) is 0 Å². The van der Waals surface area contributed by atoms with Crippen LogP contribution in [0.3, 0.4) is 0 Å². The molecule has 0 spiro atoms. The molecule has 6 heteroatoms. The van der Waals surface area contributed by atoms with Crippen molar-refractivity contribution in [2.24, 2.45) is 5.92 Å². The van der Waals surface area contributed by atoms with Gasteiger partial charge in [-0.15, -0.1) is 0 Å². The number of hydrogen-bond donors (Lipinski definition) is 2. The van der Waals surface area contributed by atoms with Gasteiger partial charge in [0.2, 0.25) is 0 Å². The van der Waals surface area contributed by atoms with Crippen molar-refractivity contribution in [1.82, 2.24) is 10.3 Å². The number of anilines is 1.